The van der Waals surface area contributed by atoms with Crippen molar-refractivity contribution in [3.8, 4) is 0 Å². The van der Waals surface area contributed by atoms with Crippen molar-refractivity contribution in [1.29, 1.82) is 0 Å². The van der Waals surface area contributed by atoms with Gasteiger partial charge in [0.25, 0.3) is 0 Å². The Hall–Kier alpha value is -2.02. The van der Waals surface area contributed by atoms with Crippen LogP contribution in [0.2, 0.25) is 0 Å². The number of rotatable bonds is 7. The Morgan fingerprint density at radius 2 is 2.04 bits per heavy atom. The Labute approximate surface area is 171 Å². The van der Waals surface area contributed by atoms with Crippen LogP contribution in [0, 0.1) is 0 Å². The molecule has 1 fully saturated rings. The number of nitrogens with two attached hydrogens (primary N) is 1. The fourth-order valence-corrected chi connectivity index (χ4v) is 4.99. The highest BCUT2D eigenvalue weighted by molar-refractivity contribution is 7.98. The third-order valence-electron chi connectivity index (χ3n) is 5.82. The second-order valence-corrected chi connectivity index (χ2v) is 8.52. The summed E-state index contributed by atoms with van der Waals surface area (Å²) in [6.45, 7) is 0.690. The van der Waals surface area contributed by atoms with Crippen molar-refractivity contribution in [1.82, 2.24) is 14.8 Å². The minimum absolute atomic E-state index is 0.486. The summed E-state index contributed by atoms with van der Waals surface area (Å²) in [5.41, 5.74) is 10.0. The summed E-state index contributed by atoms with van der Waals surface area (Å²) >= 11 is 1.69. The van der Waals surface area contributed by atoms with Crippen molar-refractivity contribution in [2.45, 2.75) is 69.0 Å². The zero-order chi connectivity index (χ0) is 19.3. The lowest BCUT2D eigenvalue weighted by atomic mass is 10.1. The molecule has 0 bridgehead atoms. The monoisotopic (exact) mass is 398 g/mol. The largest absolute Gasteiger partial charge is 0.370 e. The number of guanidine groups is 1. The number of thioether (sulfide) groups is 1. The van der Waals surface area contributed by atoms with Gasteiger partial charge in [0.2, 0.25) is 0 Å². The fraction of sp³-hybridized carbons (Fsp3) is 0.571. The van der Waals surface area contributed by atoms with Crippen molar-refractivity contribution in [2.24, 2.45) is 10.7 Å². The van der Waals surface area contributed by atoms with E-state index in [9.17, 15) is 0 Å². The summed E-state index contributed by atoms with van der Waals surface area (Å²) in [4.78, 5) is 4.50. The molecule has 0 saturated heterocycles. The van der Waals surface area contributed by atoms with Crippen LogP contribution in [0.1, 0.15) is 61.5 Å². The van der Waals surface area contributed by atoms with Crippen LogP contribution < -0.4 is 11.1 Å². The lowest BCUT2D eigenvalue weighted by Gasteiger charge is -2.16. The first-order chi connectivity index (χ1) is 13.7. The Morgan fingerprint density at radius 3 is 2.86 bits per heavy atom. The molecule has 1 saturated carbocycles. The number of aryl methyl sites for hydroxylation is 3. The second kappa shape index (κ2) is 8.99. The van der Waals surface area contributed by atoms with Gasteiger partial charge in [-0.15, -0.1) is 10.2 Å². The van der Waals surface area contributed by atoms with Gasteiger partial charge in [-0.25, -0.2) is 0 Å². The first-order valence-corrected chi connectivity index (χ1v) is 11.6. The summed E-state index contributed by atoms with van der Waals surface area (Å²) in [6.07, 6.45) is 12.6. The van der Waals surface area contributed by atoms with Crippen molar-refractivity contribution in [2.75, 3.05) is 18.1 Å². The molecule has 7 heteroatoms. The number of benzene rings is 1. The third-order valence-corrected chi connectivity index (χ3v) is 6.46. The Bertz CT molecular complexity index is 837. The highest BCUT2D eigenvalue weighted by Crippen LogP contribution is 2.33. The van der Waals surface area contributed by atoms with E-state index in [0.717, 1.165) is 29.5 Å². The molecule has 0 radical (unpaired) electrons. The quantitative estimate of drug-likeness (QED) is 0.319. The lowest BCUT2D eigenvalue weighted by molar-refractivity contribution is 0.461. The summed E-state index contributed by atoms with van der Waals surface area (Å²) < 4.78 is 2.37. The SMILES string of the molecule is CSc1nnc(CCCN=C(N)Nc2ccc3c(c2)CCC3)n1C1CCCC1. The summed E-state index contributed by atoms with van der Waals surface area (Å²) in [5.74, 6) is 1.58. The number of nitrogens with one attached hydrogen (secondary N) is 1. The van der Waals surface area contributed by atoms with Crippen molar-refractivity contribution in [3.05, 3.63) is 35.2 Å². The molecule has 1 heterocycles. The average Bonchev–Trinajstić information content (AvgIpc) is 3.44. The molecule has 0 unspecified atom stereocenters. The zero-order valence-corrected chi connectivity index (χ0v) is 17.5. The van der Waals surface area contributed by atoms with Gasteiger partial charge in [-0.05, 0) is 68.0 Å². The molecule has 0 amide bonds. The number of nitrogens with zero attached hydrogens (tertiary/aromatic N) is 4. The first kappa shape index (κ1) is 19.3. The molecule has 4 rings (SSSR count). The molecule has 2 aromatic rings. The van der Waals surface area contributed by atoms with Crippen LogP contribution in [-0.2, 0) is 19.3 Å². The molecule has 3 N–H and O–H groups in total. The number of anilines is 1. The van der Waals surface area contributed by atoms with E-state index in [0.29, 0.717) is 18.5 Å². The molecule has 0 atom stereocenters. The molecule has 1 aromatic carbocycles. The minimum Gasteiger partial charge on any atom is -0.370 e. The van der Waals surface area contributed by atoms with Crippen LogP contribution in [0.15, 0.2) is 28.3 Å². The van der Waals surface area contributed by atoms with E-state index in [1.807, 2.05) is 0 Å². The van der Waals surface area contributed by atoms with Gasteiger partial charge >= 0.3 is 0 Å². The maximum Gasteiger partial charge on any atom is 0.193 e. The van der Waals surface area contributed by atoms with Crippen molar-refractivity contribution in [3.63, 3.8) is 0 Å². The van der Waals surface area contributed by atoms with Gasteiger partial charge < -0.3 is 15.6 Å². The van der Waals surface area contributed by atoms with Crippen molar-refractivity contribution < 1.29 is 0 Å². The number of fused-ring (bicyclic) bond motifs is 1. The van der Waals surface area contributed by atoms with Crippen LogP contribution in [0.4, 0.5) is 5.69 Å². The molecule has 150 valence electrons. The standard InChI is InChI=1S/C21H30N6S/c1-28-21-26-25-19(27(21)18-8-2-3-9-18)10-5-13-23-20(22)24-17-12-11-15-6-4-7-16(15)14-17/h11-12,14,18H,2-10,13H2,1H3,(H3,22,23,24). The summed E-state index contributed by atoms with van der Waals surface area (Å²) in [5, 5.41) is 13.1. The third kappa shape index (κ3) is 4.35. The molecule has 2 aliphatic rings. The molecule has 0 aliphatic heterocycles. The molecular weight excluding hydrogens is 368 g/mol. The van der Waals surface area contributed by atoms with Gasteiger partial charge in [0.05, 0.1) is 0 Å². The van der Waals surface area contributed by atoms with Crippen molar-refractivity contribution >= 4 is 23.4 Å². The number of aliphatic imine (C=N–C) groups is 1. The van der Waals surface area contributed by atoms with Gasteiger partial charge in [-0.2, -0.15) is 0 Å². The van der Waals surface area contributed by atoms with E-state index in [-0.39, 0.29) is 0 Å². The Kier molecular flexibility index (Phi) is 6.20. The highest BCUT2D eigenvalue weighted by Gasteiger charge is 2.23. The van der Waals surface area contributed by atoms with E-state index >= 15 is 0 Å². The van der Waals surface area contributed by atoms with Crippen LogP contribution in [0.5, 0.6) is 0 Å². The number of hydrogen-bond donors (Lipinski definition) is 2. The van der Waals surface area contributed by atoms with Gasteiger partial charge in [-0.1, -0.05) is 30.7 Å². The van der Waals surface area contributed by atoms with Crippen LogP contribution in [0.25, 0.3) is 0 Å². The first-order valence-electron chi connectivity index (χ1n) is 10.4. The van der Waals surface area contributed by atoms with Gasteiger partial charge in [0.1, 0.15) is 5.82 Å². The predicted molar refractivity (Wildman–Crippen MR) is 116 cm³/mol. The van der Waals surface area contributed by atoms with E-state index in [4.69, 9.17) is 5.73 Å². The van der Waals surface area contributed by atoms with Gasteiger partial charge in [-0.3, -0.25) is 4.99 Å². The van der Waals surface area contributed by atoms with Crippen LogP contribution >= 0.6 is 11.8 Å². The highest BCUT2D eigenvalue weighted by atomic mass is 32.2. The smallest absolute Gasteiger partial charge is 0.193 e. The summed E-state index contributed by atoms with van der Waals surface area (Å²) in [6, 6.07) is 7.08. The van der Waals surface area contributed by atoms with E-state index in [1.54, 1.807) is 11.8 Å². The maximum atomic E-state index is 6.09. The fourth-order valence-electron chi connectivity index (χ4n) is 4.42. The topological polar surface area (TPSA) is 81.1 Å². The maximum absolute atomic E-state index is 6.09. The van der Waals surface area contributed by atoms with E-state index < -0.39 is 0 Å². The Morgan fingerprint density at radius 1 is 1.21 bits per heavy atom. The number of aromatic nitrogens is 3. The minimum atomic E-state index is 0.486. The van der Waals surface area contributed by atoms with E-state index in [1.165, 1.54) is 56.1 Å². The second-order valence-electron chi connectivity index (χ2n) is 7.74. The predicted octanol–water partition coefficient (Wildman–Crippen LogP) is 3.96. The van der Waals surface area contributed by atoms with Crippen LogP contribution in [-0.4, -0.2) is 33.5 Å². The molecule has 28 heavy (non-hydrogen) atoms. The Balaban J connectivity index is 1.31. The lowest BCUT2D eigenvalue weighted by Crippen LogP contribution is -2.23. The zero-order valence-electron chi connectivity index (χ0n) is 16.7. The normalized spacial score (nSPS) is 17.2. The number of hydrogen-bond acceptors (Lipinski definition) is 4. The van der Waals surface area contributed by atoms with E-state index in [2.05, 4.69) is 49.5 Å². The average molecular weight is 399 g/mol. The van der Waals surface area contributed by atoms with Gasteiger partial charge in [0.15, 0.2) is 11.1 Å². The molecule has 0 spiro atoms. The molecular formula is C21H30N6S. The van der Waals surface area contributed by atoms with Gasteiger partial charge in [0, 0.05) is 24.7 Å². The summed E-state index contributed by atoms with van der Waals surface area (Å²) in [7, 11) is 0. The molecule has 1 aromatic heterocycles. The van der Waals surface area contributed by atoms with Crippen LogP contribution in [0.3, 0.4) is 0 Å². The molecule has 6 nitrogen and oxygen atoms in total. The molecule has 2 aliphatic carbocycles.